The number of rotatable bonds is 5. The molecule has 2 N–H and O–H groups in total. The number of carbonyl (C=O) groups is 1. The van der Waals surface area contributed by atoms with Gasteiger partial charge in [0.2, 0.25) is 0 Å². The molecular weight excluding hydrogens is 154 g/mol. The van der Waals surface area contributed by atoms with E-state index in [0.717, 1.165) is 6.42 Å². The van der Waals surface area contributed by atoms with E-state index in [4.69, 9.17) is 10.5 Å². The monoisotopic (exact) mass is 173 g/mol. The fraction of sp³-hybridized carbons (Fsp3) is 0.889. The molecule has 72 valence electrons. The molecule has 0 fully saturated rings. The largest absolute Gasteiger partial charge is 0.465 e. The van der Waals surface area contributed by atoms with Crippen molar-refractivity contribution in [3.8, 4) is 0 Å². The van der Waals surface area contributed by atoms with Gasteiger partial charge in [-0.2, -0.15) is 0 Å². The van der Waals surface area contributed by atoms with Gasteiger partial charge in [0.1, 0.15) is 0 Å². The highest BCUT2D eigenvalue weighted by Gasteiger charge is 2.27. The second kappa shape index (κ2) is 5.14. The zero-order valence-electron chi connectivity index (χ0n) is 8.22. The van der Waals surface area contributed by atoms with E-state index in [1.54, 1.807) is 0 Å². The third-order valence-electron chi connectivity index (χ3n) is 1.76. The van der Waals surface area contributed by atoms with Crippen LogP contribution >= 0.6 is 0 Å². The average molecular weight is 173 g/mol. The average Bonchev–Trinajstić information content (AvgIpc) is 2.00. The number of ether oxygens (including phenoxy) is 1. The summed E-state index contributed by atoms with van der Waals surface area (Å²) in [6.45, 7) is 6.72. The molecule has 0 aromatic carbocycles. The van der Waals surface area contributed by atoms with E-state index in [-0.39, 0.29) is 5.97 Å². The van der Waals surface area contributed by atoms with Crippen LogP contribution in [0.3, 0.4) is 0 Å². The number of hydrogen-bond acceptors (Lipinski definition) is 3. The van der Waals surface area contributed by atoms with Crippen LogP contribution in [0.25, 0.3) is 0 Å². The van der Waals surface area contributed by atoms with Crippen molar-refractivity contribution in [2.24, 2.45) is 11.1 Å². The van der Waals surface area contributed by atoms with Gasteiger partial charge in [-0.15, -0.1) is 0 Å². The zero-order chi connectivity index (χ0) is 9.61. The van der Waals surface area contributed by atoms with Crippen molar-refractivity contribution in [1.82, 2.24) is 0 Å². The highest BCUT2D eigenvalue weighted by molar-refractivity contribution is 5.75. The summed E-state index contributed by atoms with van der Waals surface area (Å²) in [6.07, 6.45) is 1.54. The topological polar surface area (TPSA) is 52.3 Å². The van der Waals surface area contributed by atoms with Gasteiger partial charge in [0, 0.05) is 0 Å². The molecule has 12 heavy (non-hydrogen) atoms. The Morgan fingerprint density at radius 1 is 1.50 bits per heavy atom. The maximum absolute atomic E-state index is 11.3. The van der Waals surface area contributed by atoms with Gasteiger partial charge in [0.25, 0.3) is 0 Å². The summed E-state index contributed by atoms with van der Waals surface area (Å²) in [7, 11) is 0. The molecule has 0 saturated carbocycles. The smallest absolute Gasteiger partial charge is 0.311 e. The van der Waals surface area contributed by atoms with Gasteiger partial charge in [0.15, 0.2) is 0 Å². The van der Waals surface area contributed by atoms with Crippen molar-refractivity contribution in [1.29, 1.82) is 0 Å². The van der Waals surface area contributed by atoms with Crippen LogP contribution in [0, 0.1) is 5.41 Å². The highest BCUT2D eigenvalue weighted by atomic mass is 16.5. The summed E-state index contributed by atoms with van der Waals surface area (Å²) in [4.78, 5) is 11.3. The maximum atomic E-state index is 11.3. The molecule has 0 aromatic heterocycles. The van der Waals surface area contributed by atoms with Crippen LogP contribution in [-0.2, 0) is 9.53 Å². The lowest BCUT2D eigenvalue weighted by molar-refractivity contribution is -0.154. The van der Waals surface area contributed by atoms with Crippen LogP contribution < -0.4 is 5.73 Å². The van der Waals surface area contributed by atoms with Crippen molar-refractivity contribution in [2.45, 2.75) is 33.6 Å². The second-order valence-electron chi connectivity index (χ2n) is 3.56. The number of esters is 1. The molecule has 0 spiro atoms. The van der Waals surface area contributed by atoms with Gasteiger partial charge >= 0.3 is 5.97 Å². The Morgan fingerprint density at radius 3 is 2.50 bits per heavy atom. The second-order valence-corrected chi connectivity index (χ2v) is 3.56. The number of hydrogen-bond donors (Lipinski definition) is 1. The minimum Gasteiger partial charge on any atom is -0.465 e. The van der Waals surface area contributed by atoms with Crippen molar-refractivity contribution in [3.05, 3.63) is 0 Å². The zero-order valence-corrected chi connectivity index (χ0v) is 8.22. The maximum Gasteiger partial charge on any atom is 0.311 e. The van der Waals surface area contributed by atoms with Crippen LogP contribution in [-0.4, -0.2) is 19.1 Å². The minimum absolute atomic E-state index is 0.144. The van der Waals surface area contributed by atoms with Crippen LogP contribution in [0.5, 0.6) is 0 Å². The Kier molecular flexibility index (Phi) is 4.90. The van der Waals surface area contributed by atoms with Gasteiger partial charge in [-0.25, -0.2) is 0 Å². The van der Waals surface area contributed by atoms with Gasteiger partial charge < -0.3 is 10.5 Å². The highest BCUT2D eigenvalue weighted by Crippen LogP contribution is 2.21. The van der Waals surface area contributed by atoms with Gasteiger partial charge in [-0.3, -0.25) is 4.79 Å². The molecule has 0 heterocycles. The molecule has 0 bridgehead atoms. The molecular formula is C9H19NO2. The molecule has 0 saturated heterocycles. The summed E-state index contributed by atoms with van der Waals surface area (Å²) in [5.41, 5.74) is 4.95. The van der Waals surface area contributed by atoms with E-state index in [0.29, 0.717) is 19.6 Å². The first-order valence-corrected chi connectivity index (χ1v) is 4.42. The van der Waals surface area contributed by atoms with E-state index in [1.165, 1.54) is 0 Å². The summed E-state index contributed by atoms with van der Waals surface area (Å²) in [5.74, 6) is -0.144. The van der Waals surface area contributed by atoms with Crippen LogP contribution in [0.4, 0.5) is 0 Å². The fourth-order valence-corrected chi connectivity index (χ4v) is 0.853. The Morgan fingerprint density at radius 2 is 2.08 bits per heavy atom. The van der Waals surface area contributed by atoms with E-state index in [2.05, 4.69) is 0 Å². The SMILES string of the molecule is CCCOC(=O)C(C)(C)CCN. The third-order valence-corrected chi connectivity index (χ3v) is 1.76. The Labute approximate surface area is 74.3 Å². The lowest BCUT2D eigenvalue weighted by Crippen LogP contribution is -2.29. The van der Waals surface area contributed by atoms with Crippen molar-refractivity contribution >= 4 is 5.97 Å². The molecule has 0 aliphatic heterocycles. The standard InChI is InChI=1S/C9H19NO2/c1-4-7-12-8(11)9(2,3)5-6-10/h4-7,10H2,1-3H3. The fourth-order valence-electron chi connectivity index (χ4n) is 0.853. The van der Waals surface area contributed by atoms with E-state index >= 15 is 0 Å². The van der Waals surface area contributed by atoms with E-state index < -0.39 is 5.41 Å². The minimum atomic E-state index is -0.427. The third kappa shape index (κ3) is 3.72. The lowest BCUT2D eigenvalue weighted by Gasteiger charge is -2.21. The molecule has 0 aliphatic rings. The Hall–Kier alpha value is -0.570. The molecule has 0 aliphatic carbocycles. The van der Waals surface area contributed by atoms with Crippen molar-refractivity contribution in [2.75, 3.05) is 13.2 Å². The van der Waals surface area contributed by atoms with E-state index in [9.17, 15) is 4.79 Å². The molecule has 0 rings (SSSR count). The molecule has 0 aromatic rings. The predicted octanol–water partition coefficient (Wildman–Crippen LogP) is 1.31. The van der Waals surface area contributed by atoms with E-state index in [1.807, 2.05) is 20.8 Å². The molecule has 0 unspecified atom stereocenters. The van der Waals surface area contributed by atoms with Crippen LogP contribution in [0.1, 0.15) is 33.6 Å². The molecule has 0 radical (unpaired) electrons. The Bertz CT molecular complexity index is 143. The first-order valence-electron chi connectivity index (χ1n) is 4.42. The summed E-state index contributed by atoms with van der Waals surface area (Å²) in [5, 5.41) is 0. The summed E-state index contributed by atoms with van der Waals surface area (Å²) >= 11 is 0. The summed E-state index contributed by atoms with van der Waals surface area (Å²) in [6, 6.07) is 0. The first-order chi connectivity index (χ1) is 5.54. The normalized spacial score (nSPS) is 11.3. The summed E-state index contributed by atoms with van der Waals surface area (Å²) < 4.78 is 5.01. The number of nitrogens with two attached hydrogens (primary N) is 1. The van der Waals surface area contributed by atoms with Gasteiger partial charge in [0.05, 0.1) is 12.0 Å². The van der Waals surface area contributed by atoms with Crippen LogP contribution in [0.15, 0.2) is 0 Å². The predicted molar refractivity (Wildman–Crippen MR) is 48.7 cm³/mol. The van der Waals surface area contributed by atoms with Crippen molar-refractivity contribution in [3.63, 3.8) is 0 Å². The quantitative estimate of drug-likeness (QED) is 0.638. The molecule has 3 heteroatoms. The van der Waals surface area contributed by atoms with Crippen LogP contribution in [0.2, 0.25) is 0 Å². The Balaban J connectivity index is 3.88. The first kappa shape index (κ1) is 11.4. The molecule has 0 amide bonds. The lowest BCUT2D eigenvalue weighted by atomic mass is 9.90. The van der Waals surface area contributed by atoms with Crippen molar-refractivity contribution < 1.29 is 9.53 Å². The molecule has 3 nitrogen and oxygen atoms in total. The molecule has 0 atom stereocenters. The van der Waals surface area contributed by atoms with Gasteiger partial charge in [-0.05, 0) is 33.2 Å². The number of carbonyl (C=O) groups excluding carboxylic acids is 1. The van der Waals surface area contributed by atoms with Gasteiger partial charge in [-0.1, -0.05) is 6.92 Å².